The molecule has 1 saturated carbocycles. The molecular weight excluding hydrogens is 400 g/mol. The topological polar surface area (TPSA) is 81.4 Å². The number of aromatic nitrogens is 1. The summed E-state index contributed by atoms with van der Waals surface area (Å²) in [5.74, 6) is 1.60. The Morgan fingerprint density at radius 1 is 1.30 bits per heavy atom. The Labute approximate surface area is 180 Å². The van der Waals surface area contributed by atoms with Crippen molar-refractivity contribution in [3.05, 3.63) is 52.3 Å². The van der Waals surface area contributed by atoms with E-state index < -0.39 is 0 Å². The summed E-state index contributed by atoms with van der Waals surface area (Å²) in [5, 5.41) is 2.01. The molecule has 2 amide bonds. The maximum Gasteiger partial charge on any atom is 0.290 e. The van der Waals surface area contributed by atoms with Crippen LogP contribution in [-0.2, 0) is 16.1 Å². The minimum absolute atomic E-state index is 0.173. The summed E-state index contributed by atoms with van der Waals surface area (Å²) in [5.41, 5.74) is 2.98. The first-order valence-corrected chi connectivity index (χ1v) is 11.2. The number of allylic oxidation sites excluding steroid dienone is 1. The zero-order chi connectivity index (χ0) is 21.1. The predicted octanol–water partition coefficient (Wildman–Crippen LogP) is 5.29. The third-order valence-electron chi connectivity index (χ3n) is 5.63. The van der Waals surface area contributed by atoms with Crippen molar-refractivity contribution < 1.29 is 18.7 Å². The molecule has 30 heavy (non-hydrogen) atoms. The number of oxazole rings is 1. The summed E-state index contributed by atoms with van der Waals surface area (Å²) >= 11 is 0.985. The van der Waals surface area contributed by atoms with Crippen molar-refractivity contribution in [3.8, 4) is 11.5 Å². The summed E-state index contributed by atoms with van der Waals surface area (Å²) in [4.78, 5) is 28.1. The van der Waals surface area contributed by atoms with E-state index in [9.17, 15) is 9.59 Å². The second-order valence-corrected chi connectivity index (χ2v) is 9.02. The Morgan fingerprint density at radius 3 is 2.93 bits per heavy atom. The van der Waals surface area contributed by atoms with Gasteiger partial charge in [0, 0.05) is 5.56 Å². The third-order valence-corrected chi connectivity index (χ3v) is 6.49. The number of carbonyl (C=O) groups is 2. The number of thioether (sulfide) groups is 1. The van der Waals surface area contributed by atoms with Gasteiger partial charge in [0.15, 0.2) is 0 Å². The number of hydrogen-bond acceptors (Lipinski definition) is 6. The zero-order valence-corrected chi connectivity index (χ0v) is 18.1. The van der Waals surface area contributed by atoms with Crippen molar-refractivity contribution in [1.82, 2.24) is 10.3 Å². The SMILES string of the molecule is Cc1cccc(-c2nc(CO[C@H]3CCC[C@@H](CC=C4SC(=O)NC4=O)C3)c(C)o2)c1. The Morgan fingerprint density at radius 2 is 2.17 bits per heavy atom. The van der Waals surface area contributed by atoms with Gasteiger partial charge in [0.1, 0.15) is 11.5 Å². The lowest BCUT2D eigenvalue weighted by Crippen LogP contribution is -2.23. The van der Waals surface area contributed by atoms with Crippen molar-refractivity contribution in [3.63, 3.8) is 0 Å². The van der Waals surface area contributed by atoms with E-state index in [0.717, 1.165) is 60.9 Å². The fraction of sp³-hybridized carbons (Fsp3) is 0.435. The highest BCUT2D eigenvalue weighted by Crippen LogP contribution is 2.32. The smallest absolute Gasteiger partial charge is 0.290 e. The number of nitrogens with one attached hydrogen (secondary N) is 1. The molecule has 2 aliphatic rings. The molecule has 2 fully saturated rings. The monoisotopic (exact) mass is 426 g/mol. The first-order chi connectivity index (χ1) is 14.5. The second kappa shape index (κ2) is 9.18. The van der Waals surface area contributed by atoms with E-state index in [1.54, 1.807) is 0 Å². The first kappa shape index (κ1) is 20.9. The van der Waals surface area contributed by atoms with Crippen LogP contribution in [0.4, 0.5) is 4.79 Å². The highest BCUT2D eigenvalue weighted by molar-refractivity contribution is 8.18. The quantitative estimate of drug-likeness (QED) is 0.632. The molecule has 1 saturated heterocycles. The van der Waals surface area contributed by atoms with Crippen LogP contribution in [0.5, 0.6) is 0 Å². The first-order valence-electron chi connectivity index (χ1n) is 10.4. The Balaban J connectivity index is 1.32. The number of rotatable bonds is 6. The number of carbonyl (C=O) groups excluding carboxylic acids is 2. The van der Waals surface area contributed by atoms with Crippen molar-refractivity contribution in [2.24, 2.45) is 5.92 Å². The number of amides is 2. The van der Waals surface area contributed by atoms with Crippen LogP contribution in [0.25, 0.3) is 11.5 Å². The molecular formula is C23H26N2O4S. The van der Waals surface area contributed by atoms with Crippen molar-refractivity contribution >= 4 is 22.9 Å². The average Bonchev–Trinajstić information content (AvgIpc) is 3.26. The van der Waals surface area contributed by atoms with Crippen LogP contribution < -0.4 is 5.32 Å². The lowest BCUT2D eigenvalue weighted by molar-refractivity contribution is -0.115. The van der Waals surface area contributed by atoms with E-state index in [4.69, 9.17) is 9.15 Å². The molecule has 6 nitrogen and oxygen atoms in total. The van der Waals surface area contributed by atoms with Gasteiger partial charge in [-0.05, 0) is 69.3 Å². The standard InChI is InChI=1S/C23H26N2O4S/c1-14-5-3-7-17(11-14)22-24-19(15(2)29-22)13-28-18-8-4-6-16(12-18)9-10-20-21(26)25-23(27)30-20/h3,5,7,10-11,16,18H,4,6,8-9,12-13H2,1-2H3,(H,25,26,27)/t16-,18-/m0/s1. The van der Waals surface area contributed by atoms with Crippen molar-refractivity contribution in [2.75, 3.05) is 0 Å². The van der Waals surface area contributed by atoms with E-state index in [1.165, 1.54) is 5.56 Å². The fourth-order valence-corrected chi connectivity index (χ4v) is 4.67. The van der Waals surface area contributed by atoms with Crippen LogP contribution in [0.2, 0.25) is 0 Å². The highest BCUT2D eigenvalue weighted by atomic mass is 32.2. The van der Waals surface area contributed by atoms with E-state index in [0.29, 0.717) is 23.3 Å². The van der Waals surface area contributed by atoms with E-state index in [1.807, 2.05) is 25.1 Å². The summed E-state index contributed by atoms with van der Waals surface area (Å²) in [6.45, 7) is 4.41. The van der Waals surface area contributed by atoms with Crippen molar-refractivity contribution in [2.45, 2.75) is 58.7 Å². The summed E-state index contributed by atoms with van der Waals surface area (Å²) in [7, 11) is 0. The molecule has 1 aromatic heterocycles. The molecule has 158 valence electrons. The predicted molar refractivity (Wildman–Crippen MR) is 116 cm³/mol. The van der Waals surface area contributed by atoms with Crippen LogP contribution in [0.1, 0.15) is 49.1 Å². The minimum Gasteiger partial charge on any atom is -0.441 e. The molecule has 0 spiro atoms. The molecule has 0 radical (unpaired) electrons. The molecule has 4 rings (SSSR count). The maximum absolute atomic E-state index is 11.7. The second-order valence-electron chi connectivity index (χ2n) is 8.00. The van der Waals surface area contributed by atoms with Crippen LogP contribution in [-0.4, -0.2) is 22.2 Å². The van der Waals surface area contributed by atoms with Crippen LogP contribution in [0, 0.1) is 19.8 Å². The Hall–Kier alpha value is -2.38. The van der Waals surface area contributed by atoms with Gasteiger partial charge in [-0.2, -0.15) is 0 Å². The molecule has 0 bridgehead atoms. The van der Waals surface area contributed by atoms with Gasteiger partial charge in [0.05, 0.1) is 17.6 Å². The number of ether oxygens (including phenoxy) is 1. The molecule has 1 aromatic carbocycles. The maximum atomic E-state index is 11.7. The lowest BCUT2D eigenvalue weighted by Gasteiger charge is -2.28. The molecule has 7 heteroatoms. The average molecular weight is 427 g/mol. The molecule has 2 aromatic rings. The number of benzene rings is 1. The van der Waals surface area contributed by atoms with E-state index in [2.05, 4.69) is 29.4 Å². The normalized spacial score (nSPS) is 23.2. The Kier molecular flexibility index (Phi) is 6.39. The van der Waals surface area contributed by atoms with E-state index in [-0.39, 0.29) is 17.3 Å². The van der Waals surface area contributed by atoms with Gasteiger partial charge in [-0.3, -0.25) is 14.9 Å². The molecule has 1 aliphatic heterocycles. The third kappa shape index (κ3) is 5.02. The number of hydrogen-bond donors (Lipinski definition) is 1. The largest absolute Gasteiger partial charge is 0.441 e. The van der Waals surface area contributed by atoms with Crippen LogP contribution in [0.15, 0.2) is 39.7 Å². The zero-order valence-electron chi connectivity index (χ0n) is 17.3. The fourth-order valence-electron chi connectivity index (χ4n) is 4.00. The summed E-state index contributed by atoms with van der Waals surface area (Å²) in [6, 6.07) is 8.11. The highest BCUT2D eigenvalue weighted by Gasteiger charge is 2.27. The van der Waals surface area contributed by atoms with Gasteiger partial charge in [-0.1, -0.05) is 30.2 Å². The number of aryl methyl sites for hydroxylation is 2. The van der Waals surface area contributed by atoms with Crippen LogP contribution >= 0.6 is 11.8 Å². The number of imide groups is 1. The van der Waals surface area contributed by atoms with Gasteiger partial charge in [-0.15, -0.1) is 0 Å². The summed E-state index contributed by atoms with van der Waals surface area (Å²) in [6.07, 6.45) is 7.06. The minimum atomic E-state index is -0.288. The summed E-state index contributed by atoms with van der Waals surface area (Å²) < 4.78 is 12.0. The molecule has 0 unspecified atom stereocenters. The molecule has 1 aliphatic carbocycles. The van der Waals surface area contributed by atoms with E-state index >= 15 is 0 Å². The van der Waals surface area contributed by atoms with Gasteiger partial charge >= 0.3 is 0 Å². The molecule has 2 heterocycles. The van der Waals surface area contributed by atoms with Crippen LogP contribution in [0.3, 0.4) is 0 Å². The Bertz CT molecular complexity index is 981. The molecule has 2 atom stereocenters. The van der Waals surface area contributed by atoms with Gasteiger partial charge < -0.3 is 9.15 Å². The van der Waals surface area contributed by atoms with Crippen molar-refractivity contribution in [1.29, 1.82) is 0 Å². The number of nitrogens with zero attached hydrogens (tertiary/aromatic N) is 1. The van der Waals surface area contributed by atoms with Gasteiger partial charge in [0.2, 0.25) is 5.89 Å². The van der Waals surface area contributed by atoms with Gasteiger partial charge in [-0.25, -0.2) is 4.98 Å². The lowest BCUT2D eigenvalue weighted by atomic mass is 9.85. The molecule has 1 N–H and O–H groups in total. The van der Waals surface area contributed by atoms with Gasteiger partial charge in [0.25, 0.3) is 11.1 Å².